The monoisotopic (exact) mass is 296 g/mol. The Bertz CT molecular complexity index is 493. The zero-order chi connectivity index (χ0) is 15.6. The fourth-order valence-electron chi connectivity index (χ4n) is 2.50. The van der Waals surface area contributed by atoms with E-state index in [0.717, 1.165) is 18.4 Å². The third kappa shape index (κ3) is 5.14. The number of aliphatic hydroxyl groups excluding tert-OH is 1. The molecule has 0 spiro atoms. The Morgan fingerprint density at radius 3 is 2.09 bits per heavy atom. The lowest BCUT2D eigenvalue weighted by atomic mass is 9.96. The summed E-state index contributed by atoms with van der Waals surface area (Å²) in [6, 6.07) is 20.5. The second kappa shape index (κ2) is 9.19. The number of ether oxygens (including phenoxy) is 1. The van der Waals surface area contributed by atoms with Crippen LogP contribution in [0.25, 0.3) is 0 Å². The first kappa shape index (κ1) is 16.5. The molecule has 0 radical (unpaired) electrons. The zero-order valence-electron chi connectivity index (χ0n) is 12.9. The van der Waals surface area contributed by atoms with Gasteiger partial charge < -0.3 is 9.84 Å². The summed E-state index contributed by atoms with van der Waals surface area (Å²) in [4.78, 5) is 0. The van der Waals surface area contributed by atoms with Gasteiger partial charge in [-0.05, 0) is 24.0 Å². The van der Waals surface area contributed by atoms with Gasteiger partial charge in [0.2, 0.25) is 0 Å². The first-order chi connectivity index (χ1) is 10.8. The standard InChI is InChI=1S/C20H24O2/c1-2-19(15-21)20(14-13-17-9-5-3-6-10-17)22-16-18-11-7-4-8-12-18/h2-12,19-21H,1,13-16H2/t19-,20-/m1/s1. The number of hydrogen-bond acceptors (Lipinski definition) is 2. The highest BCUT2D eigenvalue weighted by Gasteiger charge is 2.19. The summed E-state index contributed by atoms with van der Waals surface area (Å²) in [5.74, 6) is -0.0348. The molecule has 2 heteroatoms. The van der Waals surface area contributed by atoms with E-state index in [1.807, 2.05) is 36.4 Å². The van der Waals surface area contributed by atoms with Crippen molar-refractivity contribution in [3.63, 3.8) is 0 Å². The number of aryl methyl sites for hydroxylation is 1. The Hall–Kier alpha value is -1.90. The number of aliphatic hydroxyl groups is 1. The molecule has 0 unspecified atom stereocenters. The van der Waals surface area contributed by atoms with Crippen LogP contribution >= 0.6 is 0 Å². The zero-order valence-corrected chi connectivity index (χ0v) is 12.9. The maximum absolute atomic E-state index is 9.54. The minimum absolute atomic E-state index is 0.0251. The molecule has 0 aliphatic heterocycles. The summed E-state index contributed by atoms with van der Waals surface area (Å²) >= 11 is 0. The molecule has 2 aromatic carbocycles. The van der Waals surface area contributed by atoms with Gasteiger partial charge in [0.15, 0.2) is 0 Å². The molecular formula is C20H24O2. The molecule has 0 aromatic heterocycles. The van der Waals surface area contributed by atoms with Crippen LogP contribution in [0, 0.1) is 5.92 Å². The van der Waals surface area contributed by atoms with Gasteiger partial charge in [0, 0.05) is 5.92 Å². The van der Waals surface area contributed by atoms with E-state index in [1.165, 1.54) is 5.56 Å². The maximum Gasteiger partial charge on any atom is 0.0720 e. The molecule has 1 N–H and O–H groups in total. The Kier molecular flexibility index (Phi) is 6.88. The summed E-state index contributed by atoms with van der Waals surface area (Å²) < 4.78 is 6.06. The lowest BCUT2D eigenvalue weighted by Gasteiger charge is -2.24. The van der Waals surface area contributed by atoms with Gasteiger partial charge in [0.25, 0.3) is 0 Å². The summed E-state index contributed by atoms with van der Waals surface area (Å²) in [6.07, 6.45) is 3.57. The molecule has 0 aliphatic rings. The highest BCUT2D eigenvalue weighted by atomic mass is 16.5. The molecule has 0 fully saturated rings. The van der Waals surface area contributed by atoms with Gasteiger partial charge in [-0.2, -0.15) is 0 Å². The molecule has 0 saturated heterocycles. The molecule has 0 saturated carbocycles. The van der Waals surface area contributed by atoms with Crippen molar-refractivity contribution in [3.05, 3.63) is 84.4 Å². The number of rotatable bonds is 9. The van der Waals surface area contributed by atoms with Gasteiger partial charge in [0.1, 0.15) is 0 Å². The van der Waals surface area contributed by atoms with E-state index < -0.39 is 0 Å². The second-order valence-corrected chi connectivity index (χ2v) is 5.44. The molecule has 0 bridgehead atoms. The Balaban J connectivity index is 1.95. The number of benzene rings is 2. The van der Waals surface area contributed by atoms with E-state index in [2.05, 4.69) is 30.8 Å². The van der Waals surface area contributed by atoms with E-state index in [-0.39, 0.29) is 18.6 Å². The first-order valence-electron chi connectivity index (χ1n) is 7.76. The van der Waals surface area contributed by atoms with E-state index >= 15 is 0 Å². The van der Waals surface area contributed by atoms with Crippen LogP contribution in [0.5, 0.6) is 0 Å². The topological polar surface area (TPSA) is 29.5 Å². The van der Waals surface area contributed by atoms with Gasteiger partial charge in [-0.25, -0.2) is 0 Å². The van der Waals surface area contributed by atoms with Gasteiger partial charge in [-0.15, -0.1) is 6.58 Å². The fraction of sp³-hybridized carbons (Fsp3) is 0.300. The average Bonchev–Trinajstić information content (AvgIpc) is 2.59. The van der Waals surface area contributed by atoms with Crippen LogP contribution in [0.1, 0.15) is 17.5 Å². The largest absolute Gasteiger partial charge is 0.396 e. The van der Waals surface area contributed by atoms with Crippen molar-refractivity contribution in [2.24, 2.45) is 5.92 Å². The lowest BCUT2D eigenvalue weighted by Crippen LogP contribution is -2.26. The Labute approximate surface area is 133 Å². The van der Waals surface area contributed by atoms with Crippen molar-refractivity contribution in [3.8, 4) is 0 Å². The van der Waals surface area contributed by atoms with Gasteiger partial charge in [0.05, 0.1) is 19.3 Å². The van der Waals surface area contributed by atoms with Crippen LogP contribution in [0.15, 0.2) is 73.3 Å². The minimum Gasteiger partial charge on any atom is -0.396 e. The molecule has 0 heterocycles. The smallest absolute Gasteiger partial charge is 0.0720 e. The van der Waals surface area contributed by atoms with Gasteiger partial charge in [-0.1, -0.05) is 66.7 Å². The second-order valence-electron chi connectivity index (χ2n) is 5.44. The molecule has 22 heavy (non-hydrogen) atoms. The Morgan fingerprint density at radius 2 is 1.55 bits per heavy atom. The molecule has 2 aromatic rings. The highest BCUT2D eigenvalue weighted by molar-refractivity contribution is 5.15. The van der Waals surface area contributed by atoms with Gasteiger partial charge in [-0.3, -0.25) is 0 Å². The lowest BCUT2D eigenvalue weighted by molar-refractivity contribution is -0.00594. The third-order valence-electron chi connectivity index (χ3n) is 3.86. The average molecular weight is 296 g/mol. The van der Waals surface area contributed by atoms with Crippen LogP contribution in [0.4, 0.5) is 0 Å². The number of hydrogen-bond donors (Lipinski definition) is 1. The highest BCUT2D eigenvalue weighted by Crippen LogP contribution is 2.18. The van der Waals surface area contributed by atoms with Crippen molar-refractivity contribution in [2.75, 3.05) is 6.61 Å². The SMILES string of the molecule is C=C[C@H](CO)[C@@H](CCc1ccccc1)OCc1ccccc1. The maximum atomic E-state index is 9.54. The van der Waals surface area contributed by atoms with Crippen molar-refractivity contribution in [1.29, 1.82) is 0 Å². The predicted molar refractivity (Wildman–Crippen MR) is 90.6 cm³/mol. The molecule has 2 rings (SSSR count). The molecule has 2 atom stereocenters. The molecule has 2 nitrogen and oxygen atoms in total. The molecule has 0 aliphatic carbocycles. The summed E-state index contributed by atoms with van der Waals surface area (Å²) in [5, 5.41) is 9.54. The van der Waals surface area contributed by atoms with E-state index in [0.29, 0.717) is 6.61 Å². The van der Waals surface area contributed by atoms with Crippen molar-refractivity contribution >= 4 is 0 Å². The molecular weight excluding hydrogens is 272 g/mol. The van der Waals surface area contributed by atoms with Gasteiger partial charge >= 0.3 is 0 Å². The van der Waals surface area contributed by atoms with Crippen molar-refractivity contribution < 1.29 is 9.84 Å². The van der Waals surface area contributed by atoms with Crippen LogP contribution in [0.2, 0.25) is 0 Å². The first-order valence-corrected chi connectivity index (χ1v) is 7.76. The summed E-state index contributed by atoms with van der Waals surface area (Å²) in [7, 11) is 0. The molecule has 116 valence electrons. The minimum atomic E-state index is -0.0348. The Morgan fingerprint density at radius 1 is 0.955 bits per heavy atom. The van der Waals surface area contributed by atoms with E-state index in [9.17, 15) is 5.11 Å². The van der Waals surface area contributed by atoms with Crippen molar-refractivity contribution in [2.45, 2.75) is 25.6 Å². The fourth-order valence-corrected chi connectivity index (χ4v) is 2.50. The van der Waals surface area contributed by atoms with Crippen LogP contribution < -0.4 is 0 Å². The molecule has 0 amide bonds. The summed E-state index contributed by atoms with van der Waals surface area (Å²) in [6.45, 7) is 4.45. The van der Waals surface area contributed by atoms with E-state index in [1.54, 1.807) is 6.08 Å². The van der Waals surface area contributed by atoms with Crippen LogP contribution in [-0.2, 0) is 17.8 Å². The van der Waals surface area contributed by atoms with Crippen LogP contribution in [-0.4, -0.2) is 17.8 Å². The summed E-state index contributed by atoms with van der Waals surface area (Å²) in [5.41, 5.74) is 2.43. The normalized spacial score (nSPS) is 13.5. The predicted octanol–water partition coefficient (Wildman–Crippen LogP) is 4.00. The van der Waals surface area contributed by atoms with Crippen molar-refractivity contribution in [1.82, 2.24) is 0 Å². The van der Waals surface area contributed by atoms with E-state index in [4.69, 9.17) is 4.74 Å². The quantitative estimate of drug-likeness (QED) is 0.709. The third-order valence-corrected chi connectivity index (χ3v) is 3.86. The van der Waals surface area contributed by atoms with Crippen LogP contribution in [0.3, 0.4) is 0 Å².